The summed E-state index contributed by atoms with van der Waals surface area (Å²) < 4.78 is 5.11. The SMILES string of the molecule is CCN1CCN(C2CCN(Cc3cc(C)on3)CC2)C1=O. The van der Waals surface area contributed by atoms with Crippen LogP contribution in [0.3, 0.4) is 0 Å². The van der Waals surface area contributed by atoms with Crippen molar-refractivity contribution in [1.82, 2.24) is 19.9 Å². The average molecular weight is 292 g/mol. The molecular formula is C15H24N4O2. The lowest BCUT2D eigenvalue weighted by Crippen LogP contribution is -2.46. The summed E-state index contributed by atoms with van der Waals surface area (Å²) in [5.74, 6) is 0.863. The third-order valence-electron chi connectivity index (χ3n) is 4.57. The van der Waals surface area contributed by atoms with Crippen LogP contribution in [0.1, 0.15) is 31.2 Å². The molecule has 0 bridgehead atoms. The molecule has 0 spiro atoms. The van der Waals surface area contributed by atoms with E-state index >= 15 is 0 Å². The molecule has 0 N–H and O–H groups in total. The van der Waals surface area contributed by atoms with Gasteiger partial charge < -0.3 is 14.3 Å². The second kappa shape index (κ2) is 6.05. The van der Waals surface area contributed by atoms with Gasteiger partial charge in [-0.25, -0.2) is 4.79 Å². The Balaban J connectivity index is 1.50. The Kier molecular flexibility index (Phi) is 4.14. The molecule has 21 heavy (non-hydrogen) atoms. The van der Waals surface area contributed by atoms with E-state index in [2.05, 4.69) is 15.0 Å². The van der Waals surface area contributed by atoms with Crippen molar-refractivity contribution < 1.29 is 9.32 Å². The molecule has 0 saturated carbocycles. The highest BCUT2D eigenvalue weighted by molar-refractivity contribution is 5.76. The van der Waals surface area contributed by atoms with Gasteiger partial charge >= 0.3 is 6.03 Å². The van der Waals surface area contributed by atoms with E-state index in [1.54, 1.807) is 0 Å². The van der Waals surface area contributed by atoms with Crippen LogP contribution in [0.2, 0.25) is 0 Å². The highest BCUT2D eigenvalue weighted by atomic mass is 16.5. The molecule has 6 nitrogen and oxygen atoms in total. The number of urea groups is 1. The molecule has 3 rings (SSSR count). The van der Waals surface area contributed by atoms with Gasteiger partial charge in [0.25, 0.3) is 0 Å². The Bertz CT molecular complexity index is 494. The number of nitrogens with zero attached hydrogens (tertiary/aromatic N) is 4. The van der Waals surface area contributed by atoms with Crippen molar-refractivity contribution in [2.45, 2.75) is 39.3 Å². The van der Waals surface area contributed by atoms with Crippen LogP contribution in [-0.4, -0.2) is 64.7 Å². The van der Waals surface area contributed by atoms with Crippen molar-refractivity contribution in [1.29, 1.82) is 0 Å². The summed E-state index contributed by atoms with van der Waals surface area (Å²) in [6, 6.07) is 2.63. The Morgan fingerprint density at radius 1 is 1.29 bits per heavy atom. The van der Waals surface area contributed by atoms with E-state index in [0.717, 1.165) is 63.6 Å². The highest BCUT2D eigenvalue weighted by Gasteiger charge is 2.34. The van der Waals surface area contributed by atoms with Crippen LogP contribution in [0.25, 0.3) is 0 Å². The first-order valence-corrected chi connectivity index (χ1v) is 7.87. The maximum Gasteiger partial charge on any atom is 0.320 e. The Morgan fingerprint density at radius 2 is 2.05 bits per heavy atom. The van der Waals surface area contributed by atoms with Crippen molar-refractivity contribution in [2.24, 2.45) is 0 Å². The van der Waals surface area contributed by atoms with Gasteiger partial charge in [-0.2, -0.15) is 0 Å². The molecule has 0 atom stereocenters. The number of hydrogen-bond acceptors (Lipinski definition) is 4. The van der Waals surface area contributed by atoms with Gasteiger partial charge in [-0.3, -0.25) is 4.90 Å². The molecular weight excluding hydrogens is 268 g/mol. The third-order valence-corrected chi connectivity index (χ3v) is 4.57. The lowest BCUT2D eigenvalue weighted by atomic mass is 10.0. The smallest absolute Gasteiger partial charge is 0.320 e. The predicted octanol–water partition coefficient (Wildman–Crippen LogP) is 1.70. The van der Waals surface area contributed by atoms with E-state index < -0.39 is 0 Å². The largest absolute Gasteiger partial charge is 0.361 e. The average Bonchev–Trinajstić information content (AvgIpc) is 3.06. The molecule has 2 amide bonds. The number of likely N-dealkylation sites (N-methyl/N-ethyl adjacent to an activating group) is 1. The Hall–Kier alpha value is -1.56. The second-order valence-electron chi connectivity index (χ2n) is 5.99. The van der Waals surface area contributed by atoms with E-state index in [1.807, 2.05) is 24.8 Å². The minimum Gasteiger partial charge on any atom is -0.361 e. The van der Waals surface area contributed by atoms with Crippen LogP contribution in [0.5, 0.6) is 0 Å². The van der Waals surface area contributed by atoms with Gasteiger partial charge in [0.1, 0.15) is 5.76 Å². The number of likely N-dealkylation sites (tertiary alicyclic amines) is 1. The maximum absolute atomic E-state index is 12.2. The minimum absolute atomic E-state index is 0.225. The van der Waals surface area contributed by atoms with E-state index in [0.29, 0.717) is 6.04 Å². The summed E-state index contributed by atoms with van der Waals surface area (Å²) in [7, 11) is 0. The zero-order valence-corrected chi connectivity index (χ0v) is 12.9. The van der Waals surface area contributed by atoms with Crippen LogP contribution >= 0.6 is 0 Å². The van der Waals surface area contributed by atoms with Crippen molar-refractivity contribution >= 4 is 6.03 Å². The number of carbonyl (C=O) groups is 1. The lowest BCUT2D eigenvalue weighted by molar-refractivity contribution is 0.125. The van der Waals surface area contributed by atoms with Crippen molar-refractivity contribution in [3.8, 4) is 0 Å². The van der Waals surface area contributed by atoms with Crippen LogP contribution in [0, 0.1) is 6.92 Å². The number of rotatable bonds is 4. The number of piperidine rings is 1. The predicted molar refractivity (Wildman–Crippen MR) is 78.9 cm³/mol. The van der Waals surface area contributed by atoms with Crippen LogP contribution in [-0.2, 0) is 6.54 Å². The first-order valence-electron chi connectivity index (χ1n) is 7.87. The molecule has 0 unspecified atom stereocenters. The van der Waals surface area contributed by atoms with Crippen molar-refractivity contribution in [3.63, 3.8) is 0 Å². The zero-order chi connectivity index (χ0) is 14.8. The summed E-state index contributed by atoms with van der Waals surface area (Å²) in [5, 5.41) is 4.05. The molecule has 2 aliphatic heterocycles. The lowest BCUT2D eigenvalue weighted by Gasteiger charge is -2.36. The van der Waals surface area contributed by atoms with E-state index in [4.69, 9.17) is 4.52 Å². The van der Waals surface area contributed by atoms with E-state index in [-0.39, 0.29) is 6.03 Å². The monoisotopic (exact) mass is 292 g/mol. The number of aryl methyl sites for hydroxylation is 1. The molecule has 0 aromatic carbocycles. The molecule has 116 valence electrons. The van der Waals surface area contributed by atoms with Gasteiger partial charge in [-0.05, 0) is 26.7 Å². The van der Waals surface area contributed by atoms with E-state index in [9.17, 15) is 4.79 Å². The van der Waals surface area contributed by atoms with Crippen LogP contribution < -0.4 is 0 Å². The second-order valence-corrected chi connectivity index (χ2v) is 5.99. The van der Waals surface area contributed by atoms with Gasteiger partial charge in [0.15, 0.2) is 0 Å². The van der Waals surface area contributed by atoms with Crippen molar-refractivity contribution in [3.05, 3.63) is 17.5 Å². The fraction of sp³-hybridized carbons (Fsp3) is 0.733. The van der Waals surface area contributed by atoms with Gasteiger partial charge in [-0.15, -0.1) is 0 Å². The molecule has 0 aliphatic carbocycles. The first-order chi connectivity index (χ1) is 10.2. The maximum atomic E-state index is 12.2. The molecule has 0 radical (unpaired) electrons. The topological polar surface area (TPSA) is 52.8 Å². The van der Waals surface area contributed by atoms with Gasteiger partial charge in [-0.1, -0.05) is 5.16 Å². The number of carbonyl (C=O) groups excluding carboxylic acids is 1. The van der Waals surface area contributed by atoms with Gasteiger partial charge in [0, 0.05) is 51.4 Å². The molecule has 1 aromatic heterocycles. The van der Waals surface area contributed by atoms with Crippen molar-refractivity contribution in [2.75, 3.05) is 32.7 Å². The molecule has 1 aromatic rings. The third kappa shape index (κ3) is 3.05. The van der Waals surface area contributed by atoms with E-state index in [1.165, 1.54) is 0 Å². The first kappa shape index (κ1) is 14.4. The molecule has 3 heterocycles. The highest BCUT2D eigenvalue weighted by Crippen LogP contribution is 2.22. The standard InChI is InChI=1S/C15H24N4O2/c1-3-18-8-9-19(15(18)20)14-4-6-17(7-5-14)11-13-10-12(2)21-16-13/h10,14H,3-9,11H2,1-2H3. The fourth-order valence-corrected chi connectivity index (χ4v) is 3.34. The Labute approximate surface area is 125 Å². The number of amides is 2. The normalized spacial score (nSPS) is 21.5. The van der Waals surface area contributed by atoms with Gasteiger partial charge in [0.2, 0.25) is 0 Å². The Morgan fingerprint density at radius 3 is 2.62 bits per heavy atom. The molecule has 2 fully saturated rings. The number of aromatic nitrogens is 1. The summed E-state index contributed by atoms with van der Waals surface area (Å²) in [5.41, 5.74) is 1.00. The quantitative estimate of drug-likeness (QED) is 0.847. The minimum atomic E-state index is 0.225. The van der Waals surface area contributed by atoms with Crippen LogP contribution in [0.4, 0.5) is 4.79 Å². The number of hydrogen-bond donors (Lipinski definition) is 0. The summed E-state index contributed by atoms with van der Waals surface area (Å²) in [6.45, 7) is 9.44. The summed E-state index contributed by atoms with van der Waals surface area (Å²) >= 11 is 0. The van der Waals surface area contributed by atoms with Gasteiger partial charge in [0.05, 0.1) is 5.69 Å². The molecule has 2 aliphatic rings. The van der Waals surface area contributed by atoms with Crippen LogP contribution in [0.15, 0.2) is 10.6 Å². The fourth-order valence-electron chi connectivity index (χ4n) is 3.34. The zero-order valence-electron chi connectivity index (χ0n) is 12.9. The molecule has 6 heteroatoms. The summed E-state index contributed by atoms with van der Waals surface area (Å²) in [6.07, 6.45) is 2.11. The molecule has 2 saturated heterocycles. The summed E-state index contributed by atoms with van der Waals surface area (Å²) in [4.78, 5) is 18.6.